The molecule has 0 aliphatic heterocycles. The summed E-state index contributed by atoms with van der Waals surface area (Å²) in [5.74, 6) is -0.335. The zero-order valence-corrected chi connectivity index (χ0v) is 13.8. The van der Waals surface area contributed by atoms with E-state index in [0.29, 0.717) is 24.3 Å². The van der Waals surface area contributed by atoms with Gasteiger partial charge in [-0.1, -0.05) is 37.3 Å². The van der Waals surface area contributed by atoms with Gasteiger partial charge in [0.25, 0.3) is 11.8 Å². The Hall–Kier alpha value is -2.60. The summed E-state index contributed by atoms with van der Waals surface area (Å²) in [4.78, 5) is 24.3. The molecule has 1 heterocycles. The third kappa shape index (κ3) is 4.02. The van der Waals surface area contributed by atoms with Crippen molar-refractivity contribution in [1.29, 1.82) is 0 Å². The first-order valence-corrected chi connectivity index (χ1v) is 7.88. The number of aliphatic hydroxyl groups is 1. The Morgan fingerprint density at radius 1 is 1.21 bits per heavy atom. The number of hydrogen-bond acceptors (Lipinski definition) is 4. The highest BCUT2D eigenvalue weighted by Gasteiger charge is 2.25. The van der Waals surface area contributed by atoms with Gasteiger partial charge in [0.2, 0.25) is 0 Å². The predicted molar refractivity (Wildman–Crippen MR) is 90.1 cm³/mol. The van der Waals surface area contributed by atoms with Crippen molar-refractivity contribution in [1.82, 2.24) is 10.6 Å². The third-order valence-corrected chi connectivity index (χ3v) is 3.77. The Kier molecular flexibility index (Phi) is 6.14. The van der Waals surface area contributed by atoms with Crippen LogP contribution in [0, 0.1) is 0 Å². The van der Waals surface area contributed by atoms with E-state index in [-0.39, 0.29) is 30.1 Å². The van der Waals surface area contributed by atoms with E-state index in [1.165, 1.54) is 13.1 Å². The van der Waals surface area contributed by atoms with Crippen LogP contribution >= 0.6 is 0 Å². The Bertz CT molecular complexity index is 694. The highest BCUT2D eigenvalue weighted by molar-refractivity contribution is 5.99. The molecular formula is C18H22N2O4. The van der Waals surface area contributed by atoms with Gasteiger partial charge in [-0.25, -0.2) is 0 Å². The fourth-order valence-corrected chi connectivity index (χ4v) is 2.41. The summed E-state index contributed by atoms with van der Waals surface area (Å²) in [5, 5.41) is 14.0. The molecule has 0 aliphatic rings. The van der Waals surface area contributed by atoms with Gasteiger partial charge < -0.3 is 20.2 Å². The largest absolute Gasteiger partial charge is 0.454 e. The lowest BCUT2D eigenvalue weighted by atomic mass is 9.96. The van der Waals surface area contributed by atoms with E-state index in [4.69, 9.17) is 9.52 Å². The van der Waals surface area contributed by atoms with Crippen molar-refractivity contribution in [3.63, 3.8) is 0 Å². The Morgan fingerprint density at radius 3 is 2.54 bits per heavy atom. The Labute approximate surface area is 140 Å². The first kappa shape index (κ1) is 17.7. The number of benzene rings is 1. The highest BCUT2D eigenvalue weighted by Crippen LogP contribution is 2.29. The van der Waals surface area contributed by atoms with E-state index in [0.717, 1.165) is 5.56 Å². The van der Waals surface area contributed by atoms with E-state index >= 15 is 0 Å². The molecule has 0 saturated heterocycles. The summed E-state index contributed by atoms with van der Waals surface area (Å²) in [6.07, 6.45) is 0.468. The second-order valence-corrected chi connectivity index (χ2v) is 5.43. The first-order chi connectivity index (χ1) is 11.6. The van der Waals surface area contributed by atoms with E-state index in [1.54, 1.807) is 0 Å². The van der Waals surface area contributed by atoms with Gasteiger partial charge in [0, 0.05) is 32.2 Å². The molecule has 2 rings (SSSR count). The average molecular weight is 330 g/mol. The van der Waals surface area contributed by atoms with Gasteiger partial charge in [0.15, 0.2) is 5.76 Å². The minimum absolute atomic E-state index is 0.00241. The van der Waals surface area contributed by atoms with E-state index in [2.05, 4.69) is 10.6 Å². The van der Waals surface area contributed by atoms with Gasteiger partial charge in [-0.15, -0.1) is 0 Å². The molecule has 6 heteroatoms. The van der Waals surface area contributed by atoms with Crippen LogP contribution in [0.15, 0.2) is 40.8 Å². The zero-order valence-electron chi connectivity index (χ0n) is 13.8. The smallest absolute Gasteiger partial charge is 0.286 e. The van der Waals surface area contributed by atoms with Crippen LogP contribution in [0.4, 0.5) is 0 Å². The summed E-state index contributed by atoms with van der Waals surface area (Å²) >= 11 is 0. The molecule has 128 valence electrons. The lowest BCUT2D eigenvalue weighted by molar-refractivity contribution is 0.0928. The molecule has 0 saturated carbocycles. The van der Waals surface area contributed by atoms with Crippen LogP contribution in [0.5, 0.6) is 0 Å². The minimum atomic E-state index is -0.383. The van der Waals surface area contributed by atoms with E-state index in [9.17, 15) is 9.59 Å². The van der Waals surface area contributed by atoms with Crippen LogP contribution in [-0.4, -0.2) is 37.1 Å². The van der Waals surface area contributed by atoms with Crippen molar-refractivity contribution in [2.75, 3.05) is 20.2 Å². The number of carbonyl (C=O) groups excluding carboxylic acids is 2. The van der Waals surface area contributed by atoms with Crippen LogP contribution in [-0.2, 0) is 0 Å². The van der Waals surface area contributed by atoms with Gasteiger partial charge in [0.1, 0.15) is 5.76 Å². The molecule has 1 aromatic heterocycles. The van der Waals surface area contributed by atoms with Gasteiger partial charge >= 0.3 is 0 Å². The summed E-state index contributed by atoms with van der Waals surface area (Å²) in [7, 11) is 1.51. The predicted octanol–water partition coefficient (Wildman–Crippen LogP) is 1.90. The normalized spacial score (nSPS) is 11.8. The highest BCUT2D eigenvalue weighted by atomic mass is 16.4. The van der Waals surface area contributed by atoms with E-state index < -0.39 is 0 Å². The number of furan rings is 1. The van der Waals surface area contributed by atoms with Crippen molar-refractivity contribution < 1.29 is 19.1 Å². The zero-order chi connectivity index (χ0) is 17.5. The minimum Gasteiger partial charge on any atom is -0.454 e. The monoisotopic (exact) mass is 330 g/mol. The third-order valence-electron chi connectivity index (χ3n) is 3.77. The molecule has 0 bridgehead atoms. The fourth-order valence-electron chi connectivity index (χ4n) is 2.41. The molecule has 0 aliphatic carbocycles. The summed E-state index contributed by atoms with van der Waals surface area (Å²) in [6, 6.07) is 11.1. The van der Waals surface area contributed by atoms with Gasteiger partial charge in [-0.3, -0.25) is 9.59 Å². The quantitative estimate of drug-likeness (QED) is 0.676. The van der Waals surface area contributed by atoms with Gasteiger partial charge in [-0.2, -0.15) is 0 Å². The summed E-state index contributed by atoms with van der Waals surface area (Å²) in [5.41, 5.74) is 1.32. The number of carbonyl (C=O) groups is 2. The van der Waals surface area contributed by atoms with Crippen molar-refractivity contribution in [3.05, 3.63) is 59.0 Å². The Morgan fingerprint density at radius 2 is 1.92 bits per heavy atom. The summed E-state index contributed by atoms with van der Waals surface area (Å²) < 4.78 is 5.69. The van der Waals surface area contributed by atoms with Crippen molar-refractivity contribution in [2.24, 2.45) is 0 Å². The number of aliphatic hydroxyl groups excluding tert-OH is 1. The molecule has 0 radical (unpaired) electrons. The van der Waals surface area contributed by atoms with Crippen LogP contribution in [0.1, 0.15) is 51.5 Å². The van der Waals surface area contributed by atoms with Crippen LogP contribution in [0.25, 0.3) is 0 Å². The van der Waals surface area contributed by atoms with Crippen LogP contribution in [0.3, 0.4) is 0 Å². The standard InChI is InChI=1S/C18H22N2O4/c1-12(13-7-4-3-5-8-13)16-14(17(22)20-9-6-10-21)11-15(24-16)18(23)19-2/h3-5,7-8,11-12,21H,6,9-10H2,1-2H3,(H,19,23)(H,20,22). The van der Waals surface area contributed by atoms with E-state index in [1.807, 2.05) is 37.3 Å². The topological polar surface area (TPSA) is 91.6 Å². The molecule has 2 aromatic rings. The lowest BCUT2D eigenvalue weighted by Crippen LogP contribution is -2.25. The second-order valence-electron chi connectivity index (χ2n) is 5.43. The van der Waals surface area contributed by atoms with Crippen molar-refractivity contribution in [2.45, 2.75) is 19.3 Å². The number of nitrogens with one attached hydrogen (secondary N) is 2. The van der Waals surface area contributed by atoms with Gasteiger partial charge in [-0.05, 0) is 12.0 Å². The maximum Gasteiger partial charge on any atom is 0.286 e. The second kappa shape index (κ2) is 8.31. The van der Waals surface area contributed by atoms with Crippen LogP contribution < -0.4 is 10.6 Å². The lowest BCUT2D eigenvalue weighted by Gasteiger charge is -2.11. The molecule has 1 aromatic carbocycles. The maximum absolute atomic E-state index is 12.4. The molecule has 6 nitrogen and oxygen atoms in total. The molecule has 0 fully saturated rings. The molecule has 24 heavy (non-hydrogen) atoms. The molecule has 2 amide bonds. The Balaban J connectivity index is 2.35. The number of amides is 2. The first-order valence-electron chi connectivity index (χ1n) is 7.88. The number of rotatable bonds is 7. The number of hydrogen-bond donors (Lipinski definition) is 3. The average Bonchev–Trinajstić information content (AvgIpc) is 3.06. The summed E-state index contributed by atoms with van der Waals surface area (Å²) in [6.45, 7) is 2.28. The van der Waals surface area contributed by atoms with Gasteiger partial charge in [0.05, 0.1) is 5.56 Å². The molecule has 1 unspecified atom stereocenters. The van der Waals surface area contributed by atoms with Crippen molar-refractivity contribution >= 4 is 11.8 Å². The molecule has 1 atom stereocenters. The van der Waals surface area contributed by atoms with Crippen molar-refractivity contribution in [3.8, 4) is 0 Å². The molecule has 3 N–H and O–H groups in total. The fraction of sp³-hybridized carbons (Fsp3) is 0.333. The molecule has 0 spiro atoms. The van der Waals surface area contributed by atoms with Crippen LogP contribution in [0.2, 0.25) is 0 Å². The SMILES string of the molecule is CNC(=O)c1cc(C(=O)NCCCO)c(C(C)c2ccccc2)o1. The maximum atomic E-state index is 12.4. The molecular weight excluding hydrogens is 308 g/mol.